The fraction of sp³-hybridized carbons (Fsp3) is 0. The number of H-pyrrole nitrogens is 1. The summed E-state index contributed by atoms with van der Waals surface area (Å²) in [5.74, 6) is 0. The number of rotatable bonds is 0. The van der Waals surface area contributed by atoms with Crippen molar-refractivity contribution >= 4 is 5.52 Å². The molecule has 0 saturated heterocycles. The molecule has 2 rings (SSSR count). The quantitative estimate of drug-likeness (QED) is 0.487. The third-order valence-electron chi connectivity index (χ3n) is 1.29. The number of hydrogen-bond acceptors (Lipinski definition) is 0. The standard InChI is InChI=1S/C7H6N2/c1-2-4-9-6-8-5-7(9)3-1/h1-3,5-6,8H/q+1. The lowest BCUT2D eigenvalue weighted by Crippen LogP contribution is -2.16. The second-order valence-electron chi connectivity index (χ2n) is 1.89. The Labute approximate surface area is 52.8 Å². The van der Waals surface area contributed by atoms with Gasteiger partial charge in [0.25, 0.3) is 0 Å². The molecule has 0 aromatic carbocycles. The first-order valence-corrected chi connectivity index (χ1v) is 2.82. The van der Waals surface area contributed by atoms with Gasteiger partial charge >= 0.3 is 0 Å². The van der Waals surface area contributed by atoms with E-state index in [-0.39, 0.29) is 0 Å². The van der Waals surface area contributed by atoms with Crippen molar-refractivity contribution in [1.82, 2.24) is 4.98 Å². The highest BCUT2D eigenvalue weighted by molar-refractivity contribution is 5.34. The van der Waals surface area contributed by atoms with Crippen molar-refractivity contribution < 1.29 is 4.40 Å². The van der Waals surface area contributed by atoms with Crippen LogP contribution in [-0.4, -0.2) is 4.98 Å². The molecule has 2 aromatic heterocycles. The van der Waals surface area contributed by atoms with Gasteiger partial charge in [-0.05, 0) is 12.1 Å². The fourth-order valence-electron chi connectivity index (χ4n) is 0.852. The lowest BCUT2D eigenvalue weighted by molar-refractivity contribution is -0.515. The number of pyridine rings is 1. The van der Waals surface area contributed by atoms with Crippen molar-refractivity contribution in [3.63, 3.8) is 0 Å². The normalized spacial score (nSPS) is 10.2. The van der Waals surface area contributed by atoms with Crippen LogP contribution in [0.4, 0.5) is 0 Å². The van der Waals surface area contributed by atoms with Gasteiger partial charge in [-0.25, -0.2) is 4.98 Å². The molecular formula is C7H6N2+. The highest BCUT2D eigenvalue weighted by Gasteiger charge is 1.94. The van der Waals surface area contributed by atoms with E-state index >= 15 is 0 Å². The van der Waals surface area contributed by atoms with Crippen LogP contribution in [0.5, 0.6) is 0 Å². The maximum Gasteiger partial charge on any atom is 0.247 e. The Morgan fingerprint density at radius 3 is 3.44 bits per heavy atom. The minimum absolute atomic E-state index is 1.14. The van der Waals surface area contributed by atoms with Crippen LogP contribution in [0.3, 0.4) is 0 Å². The van der Waals surface area contributed by atoms with E-state index in [2.05, 4.69) is 11.2 Å². The zero-order valence-electron chi connectivity index (χ0n) is 4.83. The summed E-state index contributed by atoms with van der Waals surface area (Å²) in [5, 5.41) is 0. The minimum atomic E-state index is 1.14. The molecule has 0 saturated carbocycles. The van der Waals surface area contributed by atoms with Crippen molar-refractivity contribution in [3.8, 4) is 0 Å². The van der Waals surface area contributed by atoms with Crippen LogP contribution >= 0.6 is 0 Å². The predicted octanol–water partition coefficient (Wildman–Crippen LogP) is 0.554. The highest BCUT2D eigenvalue weighted by atomic mass is 15.0. The summed E-state index contributed by atoms with van der Waals surface area (Å²) in [5.41, 5.74) is 1.14. The summed E-state index contributed by atoms with van der Waals surface area (Å²) in [7, 11) is 0. The second-order valence-corrected chi connectivity index (χ2v) is 1.89. The molecule has 0 aliphatic heterocycles. The monoisotopic (exact) mass is 118 g/mol. The number of hydrogen-bond donors (Lipinski definition) is 1. The first-order chi connectivity index (χ1) is 4.47. The topological polar surface area (TPSA) is 19.9 Å². The lowest BCUT2D eigenvalue weighted by Gasteiger charge is -1.77. The summed E-state index contributed by atoms with van der Waals surface area (Å²) >= 11 is 0. The molecule has 9 heavy (non-hydrogen) atoms. The third kappa shape index (κ3) is 0.598. The Morgan fingerprint density at radius 2 is 2.56 bits per heavy atom. The maximum absolute atomic E-state index is 3.02. The summed E-state index contributed by atoms with van der Waals surface area (Å²) in [6, 6.07) is 5.86. The molecule has 0 fully saturated rings. The Kier molecular flexibility index (Phi) is 0.803. The first kappa shape index (κ1) is 4.56. The van der Waals surface area contributed by atoms with Gasteiger partial charge in [-0.1, -0.05) is 6.07 Å². The zero-order valence-corrected chi connectivity index (χ0v) is 4.83. The van der Waals surface area contributed by atoms with Crippen molar-refractivity contribution in [1.29, 1.82) is 0 Å². The van der Waals surface area contributed by atoms with E-state index in [1.165, 1.54) is 0 Å². The number of fused-ring (bicyclic) bond motifs is 1. The van der Waals surface area contributed by atoms with E-state index < -0.39 is 0 Å². The molecule has 1 N–H and O–H groups in total. The van der Waals surface area contributed by atoms with E-state index in [1.807, 2.05) is 35.1 Å². The molecule has 2 heterocycles. The molecule has 0 atom stereocenters. The average Bonchev–Trinajstić information content (AvgIpc) is 2.33. The SMILES string of the molecule is [c]1cccc2c[nH]c[n+]12. The summed E-state index contributed by atoms with van der Waals surface area (Å²) in [6.07, 6.45) is 6.80. The largest absolute Gasteiger partial charge is 0.249 e. The molecule has 2 nitrogen and oxygen atoms in total. The number of imidazole rings is 1. The molecule has 1 radical (unpaired) electrons. The van der Waals surface area contributed by atoms with Crippen LogP contribution in [0.25, 0.3) is 5.52 Å². The van der Waals surface area contributed by atoms with Gasteiger partial charge in [0.05, 0.1) is 0 Å². The summed E-state index contributed by atoms with van der Waals surface area (Å²) in [6.45, 7) is 0. The Morgan fingerprint density at radius 1 is 1.56 bits per heavy atom. The van der Waals surface area contributed by atoms with Gasteiger partial charge in [0.15, 0.2) is 11.7 Å². The Balaban J connectivity index is 2.95. The molecular weight excluding hydrogens is 112 g/mol. The zero-order chi connectivity index (χ0) is 6.10. The molecule has 0 aliphatic rings. The fourth-order valence-corrected chi connectivity index (χ4v) is 0.852. The van der Waals surface area contributed by atoms with Crippen LogP contribution in [0.2, 0.25) is 0 Å². The van der Waals surface area contributed by atoms with Crippen LogP contribution < -0.4 is 4.40 Å². The highest BCUT2D eigenvalue weighted by Crippen LogP contribution is 1.89. The van der Waals surface area contributed by atoms with Gasteiger partial charge in [0.1, 0.15) is 6.20 Å². The van der Waals surface area contributed by atoms with Crippen molar-refractivity contribution in [2.45, 2.75) is 0 Å². The van der Waals surface area contributed by atoms with E-state index in [9.17, 15) is 0 Å². The van der Waals surface area contributed by atoms with E-state index in [4.69, 9.17) is 0 Å². The number of nitrogens with zero attached hydrogens (tertiary/aromatic N) is 1. The second kappa shape index (κ2) is 1.58. The first-order valence-electron chi connectivity index (χ1n) is 2.82. The molecule has 0 amide bonds. The van der Waals surface area contributed by atoms with E-state index in [0.717, 1.165) is 5.52 Å². The van der Waals surface area contributed by atoms with Crippen molar-refractivity contribution in [2.24, 2.45) is 0 Å². The predicted molar refractivity (Wildman–Crippen MR) is 32.8 cm³/mol. The molecule has 2 heteroatoms. The molecule has 0 bridgehead atoms. The number of aromatic amines is 1. The van der Waals surface area contributed by atoms with Gasteiger partial charge in [-0.15, -0.1) is 0 Å². The summed E-state index contributed by atoms with van der Waals surface area (Å²) < 4.78 is 1.90. The average molecular weight is 118 g/mol. The number of nitrogens with one attached hydrogen (secondary N) is 1. The molecule has 0 unspecified atom stereocenters. The van der Waals surface area contributed by atoms with Gasteiger partial charge < -0.3 is 0 Å². The van der Waals surface area contributed by atoms with Crippen LogP contribution in [0.15, 0.2) is 30.7 Å². The van der Waals surface area contributed by atoms with Gasteiger partial charge in [0.2, 0.25) is 6.33 Å². The van der Waals surface area contributed by atoms with Crippen molar-refractivity contribution in [2.75, 3.05) is 0 Å². The van der Waals surface area contributed by atoms with Gasteiger partial charge in [-0.3, -0.25) is 0 Å². The molecule has 0 spiro atoms. The number of aromatic nitrogens is 2. The van der Waals surface area contributed by atoms with E-state index in [1.54, 1.807) is 0 Å². The Bertz CT molecular complexity index is 281. The van der Waals surface area contributed by atoms with Crippen LogP contribution in [0.1, 0.15) is 0 Å². The van der Waals surface area contributed by atoms with Crippen LogP contribution in [-0.2, 0) is 0 Å². The molecule has 43 valence electrons. The van der Waals surface area contributed by atoms with E-state index in [0.29, 0.717) is 0 Å². The summed E-state index contributed by atoms with van der Waals surface area (Å²) in [4.78, 5) is 2.97. The Hall–Kier alpha value is -1.31. The molecule has 0 aliphatic carbocycles. The smallest absolute Gasteiger partial charge is 0.247 e. The van der Waals surface area contributed by atoms with Crippen molar-refractivity contribution in [3.05, 3.63) is 36.9 Å². The van der Waals surface area contributed by atoms with Crippen LogP contribution in [0, 0.1) is 6.20 Å². The minimum Gasteiger partial charge on any atom is -0.249 e. The molecule has 2 aromatic rings. The third-order valence-corrected chi connectivity index (χ3v) is 1.29. The van der Waals surface area contributed by atoms with Gasteiger partial charge in [-0.2, -0.15) is 4.40 Å². The maximum atomic E-state index is 3.02. The van der Waals surface area contributed by atoms with Gasteiger partial charge in [0, 0.05) is 0 Å². The lowest BCUT2D eigenvalue weighted by atomic mass is 10.4.